The highest BCUT2D eigenvalue weighted by Crippen LogP contribution is 2.27. The predicted molar refractivity (Wildman–Crippen MR) is 124 cm³/mol. The average molecular weight is 439 g/mol. The summed E-state index contributed by atoms with van der Waals surface area (Å²) in [5, 5.41) is 3.59. The number of rotatable bonds is 8. The number of hydrogen-bond donors (Lipinski definition) is 1. The van der Waals surface area contributed by atoms with Crippen molar-refractivity contribution in [1.29, 1.82) is 0 Å². The van der Waals surface area contributed by atoms with Crippen LogP contribution >= 0.6 is 0 Å². The summed E-state index contributed by atoms with van der Waals surface area (Å²) in [4.78, 5) is 23.8. The van der Waals surface area contributed by atoms with Gasteiger partial charge in [0.15, 0.2) is 18.1 Å². The van der Waals surface area contributed by atoms with Gasteiger partial charge in [-0.05, 0) is 57.1 Å². The highest BCUT2D eigenvalue weighted by atomic mass is 16.5. The zero-order chi connectivity index (χ0) is 22.3. The normalized spacial score (nSPS) is 17.4. The van der Waals surface area contributed by atoms with Gasteiger partial charge in [-0.25, -0.2) is 9.97 Å². The first-order chi connectivity index (χ1) is 15.6. The fraction of sp³-hybridized carbons (Fsp3) is 0.560. The van der Waals surface area contributed by atoms with Crippen molar-refractivity contribution >= 4 is 11.7 Å². The smallest absolute Gasteiger partial charge is 0.260 e. The maximum Gasteiger partial charge on any atom is 0.260 e. The molecule has 0 spiro atoms. The first kappa shape index (κ1) is 22.4. The molecule has 1 aromatic heterocycles. The zero-order valence-corrected chi connectivity index (χ0v) is 19.2. The monoisotopic (exact) mass is 438 g/mol. The number of amides is 1. The minimum atomic E-state index is 0.0234. The standard InChI is InChI=1S/C25H34N4O3/c1-18-26-21(16-24(27-18)28-20-7-3-4-8-20)15-19-11-13-29(14-12-19)25(30)17-32-23-10-6-5-9-22(23)31-2/h5-6,9-10,16,19-20H,3-4,7-8,11-15,17H2,1-2H3,(H,26,27,28). The Kier molecular flexibility index (Phi) is 7.45. The van der Waals surface area contributed by atoms with Crippen LogP contribution in [-0.2, 0) is 11.2 Å². The van der Waals surface area contributed by atoms with Crippen molar-refractivity contribution in [3.05, 3.63) is 41.9 Å². The van der Waals surface area contributed by atoms with Gasteiger partial charge in [0.05, 0.1) is 7.11 Å². The van der Waals surface area contributed by atoms with E-state index in [1.165, 1.54) is 25.7 Å². The van der Waals surface area contributed by atoms with E-state index >= 15 is 0 Å². The number of aryl methyl sites for hydroxylation is 1. The van der Waals surface area contributed by atoms with Crippen molar-refractivity contribution in [1.82, 2.24) is 14.9 Å². The van der Waals surface area contributed by atoms with E-state index < -0.39 is 0 Å². The number of nitrogens with zero attached hydrogens (tertiary/aromatic N) is 3. The van der Waals surface area contributed by atoms with E-state index in [0.29, 0.717) is 23.5 Å². The summed E-state index contributed by atoms with van der Waals surface area (Å²) in [6.45, 7) is 3.52. The lowest BCUT2D eigenvalue weighted by Gasteiger charge is -2.32. The summed E-state index contributed by atoms with van der Waals surface area (Å²) >= 11 is 0. The SMILES string of the molecule is COc1ccccc1OCC(=O)N1CCC(Cc2cc(NC3CCCC3)nc(C)n2)CC1. The lowest BCUT2D eigenvalue weighted by atomic mass is 9.92. The Morgan fingerprint density at radius 3 is 2.53 bits per heavy atom. The van der Waals surface area contributed by atoms with E-state index in [4.69, 9.17) is 9.47 Å². The molecule has 7 heteroatoms. The molecule has 32 heavy (non-hydrogen) atoms. The predicted octanol–water partition coefficient (Wildman–Crippen LogP) is 4.01. The molecule has 1 aliphatic carbocycles. The van der Waals surface area contributed by atoms with Crippen LogP contribution in [0.3, 0.4) is 0 Å². The van der Waals surface area contributed by atoms with Crippen LogP contribution in [0.4, 0.5) is 5.82 Å². The van der Waals surface area contributed by atoms with Crippen molar-refractivity contribution in [3.8, 4) is 11.5 Å². The summed E-state index contributed by atoms with van der Waals surface area (Å²) in [7, 11) is 1.60. The highest BCUT2D eigenvalue weighted by Gasteiger charge is 2.24. The molecule has 2 aromatic rings. The summed E-state index contributed by atoms with van der Waals surface area (Å²) < 4.78 is 11.0. The number of carbonyl (C=O) groups is 1. The van der Waals surface area contributed by atoms with Crippen LogP contribution in [0.5, 0.6) is 11.5 Å². The molecule has 172 valence electrons. The van der Waals surface area contributed by atoms with Gasteiger partial charge in [-0.3, -0.25) is 4.79 Å². The van der Waals surface area contributed by atoms with E-state index in [9.17, 15) is 4.79 Å². The van der Waals surface area contributed by atoms with Crippen molar-refractivity contribution in [2.45, 2.75) is 57.9 Å². The van der Waals surface area contributed by atoms with Gasteiger partial charge < -0.3 is 19.7 Å². The molecule has 1 aromatic carbocycles. The van der Waals surface area contributed by atoms with E-state index in [2.05, 4.69) is 21.4 Å². The first-order valence-electron chi connectivity index (χ1n) is 11.8. The number of anilines is 1. The van der Waals surface area contributed by atoms with Gasteiger partial charge in [0.2, 0.25) is 0 Å². The Bertz CT molecular complexity index is 906. The molecule has 1 amide bonds. The summed E-state index contributed by atoms with van der Waals surface area (Å²) in [5.41, 5.74) is 1.10. The topological polar surface area (TPSA) is 76.6 Å². The lowest BCUT2D eigenvalue weighted by molar-refractivity contribution is -0.134. The molecule has 1 saturated carbocycles. The molecular weight excluding hydrogens is 404 g/mol. The van der Waals surface area contributed by atoms with Crippen molar-refractivity contribution in [2.24, 2.45) is 5.92 Å². The van der Waals surface area contributed by atoms with Crippen molar-refractivity contribution in [2.75, 3.05) is 32.1 Å². The number of benzene rings is 1. The van der Waals surface area contributed by atoms with E-state index in [1.807, 2.05) is 36.1 Å². The molecule has 1 aliphatic heterocycles. The van der Waals surface area contributed by atoms with E-state index in [1.54, 1.807) is 7.11 Å². The largest absolute Gasteiger partial charge is 0.493 e. The van der Waals surface area contributed by atoms with Gasteiger partial charge in [0.25, 0.3) is 5.91 Å². The van der Waals surface area contributed by atoms with E-state index in [0.717, 1.165) is 49.7 Å². The molecule has 2 aliphatic rings. The van der Waals surface area contributed by atoms with Gasteiger partial charge >= 0.3 is 0 Å². The van der Waals surface area contributed by atoms with Crippen LogP contribution in [0, 0.1) is 12.8 Å². The second-order valence-electron chi connectivity index (χ2n) is 8.89. The number of piperidine rings is 1. The fourth-order valence-electron chi connectivity index (χ4n) is 4.74. The highest BCUT2D eigenvalue weighted by molar-refractivity contribution is 5.78. The Morgan fingerprint density at radius 2 is 1.81 bits per heavy atom. The number of para-hydroxylation sites is 2. The molecule has 0 atom stereocenters. The lowest BCUT2D eigenvalue weighted by Crippen LogP contribution is -2.41. The average Bonchev–Trinajstić information content (AvgIpc) is 3.30. The minimum absolute atomic E-state index is 0.0234. The second-order valence-corrected chi connectivity index (χ2v) is 8.89. The summed E-state index contributed by atoms with van der Waals surface area (Å²) in [6, 6.07) is 10.1. The molecule has 2 heterocycles. The minimum Gasteiger partial charge on any atom is -0.493 e. The summed E-state index contributed by atoms with van der Waals surface area (Å²) in [6.07, 6.45) is 7.95. The van der Waals surface area contributed by atoms with Crippen LogP contribution in [0.2, 0.25) is 0 Å². The number of methoxy groups -OCH3 is 1. The first-order valence-corrected chi connectivity index (χ1v) is 11.8. The fourth-order valence-corrected chi connectivity index (χ4v) is 4.74. The Balaban J connectivity index is 1.25. The quantitative estimate of drug-likeness (QED) is 0.671. The maximum atomic E-state index is 12.6. The van der Waals surface area contributed by atoms with Crippen LogP contribution in [0.25, 0.3) is 0 Å². The zero-order valence-electron chi connectivity index (χ0n) is 19.2. The molecule has 0 radical (unpaired) electrons. The van der Waals surface area contributed by atoms with Gasteiger partial charge in [-0.1, -0.05) is 25.0 Å². The molecule has 7 nitrogen and oxygen atoms in total. The second kappa shape index (κ2) is 10.7. The Labute approximate surface area is 190 Å². The molecule has 2 fully saturated rings. The molecular formula is C25H34N4O3. The third kappa shape index (κ3) is 5.90. The van der Waals surface area contributed by atoms with Crippen molar-refractivity contribution in [3.63, 3.8) is 0 Å². The number of hydrogen-bond acceptors (Lipinski definition) is 6. The Morgan fingerprint density at radius 1 is 1.09 bits per heavy atom. The number of likely N-dealkylation sites (tertiary alicyclic amines) is 1. The van der Waals surface area contributed by atoms with Gasteiger partial charge in [0.1, 0.15) is 11.6 Å². The molecule has 4 rings (SSSR count). The summed E-state index contributed by atoms with van der Waals surface area (Å²) in [5.74, 6) is 3.57. The third-order valence-electron chi connectivity index (χ3n) is 6.48. The van der Waals surface area contributed by atoms with Crippen LogP contribution in [-0.4, -0.2) is 53.6 Å². The van der Waals surface area contributed by atoms with Gasteiger partial charge in [0, 0.05) is 30.9 Å². The number of aromatic nitrogens is 2. The molecule has 1 N–H and O–H groups in total. The van der Waals surface area contributed by atoms with Crippen LogP contribution < -0.4 is 14.8 Å². The van der Waals surface area contributed by atoms with Crippen LogP contribution in [0.15, 0.2) is 30.3 Å². The third-order valence-corrected chi connectivity index (χ3v) is 6.48. The van der Waals surface area contributed by atoms with Gasteiger partial charge in [-0.15, -0.1) is 0 Å². The van der Waals surface area contributed by atoms with E-state index in [-0.39, 0.29) is 12.5 Å². The number of nitrogens with one attached hydrogen (secondary N) is 1. The van der Waals surface area contributed by atoms with Crippen molar-refractivity contribution < 1.29 is 14.3 Å². The number of carbonyl (C=O) groups excluding carboxylic acids is 1. The Hall–Kier alpha value is -2.83. The molecule has 1 saturated heterocycles. The molecule has 0 bridgehead atoms. The molecule has 0 unspecified atom stereocenters. The number of ether oxygens (including phenoxy) is 2. The van der Waals surface area contributed by atoms with Gasteiger partial charge in [-0.2, -0.15) is 0 Å². The maximum absolute atomic E-state index is 12.6. The van der Waals surface area contributed by atoms with Crippen LogP contribution in [0.1, 0.15) is 50.0 Å².